The highest BCUT2D eigenvalue weighted by Crippen LogP contribution is 2.37. The molecule has 0 spiro atoms. The van der Waals surface area contributed by atoms with E-state index in [1.54, 1.807) is 20.0 Å². The van der Waals surface area contributed by atoms with Crippen molar-refractivity contribution in [3.63, 3.8) is 0 Å². The summed E-state index contributed by atoms with van der Waals surface area (Å²) in [6.45, 7) is 2.69. The Kier molecular flexibility index (Phi) is 5.98. The van der Waals surface area contributed by atoms with Crippen molar-refractivity contribution < 1.29 is 31.1 Å². The molecule has 0 aliphatic carbocycles. The predicted octanol–water partition coefficient (Wildman–Crippen LogP) is 5.08. The fourth-order valence-corrected chi connectivity index (χ4v) is 4.27. The van der Waals surface area contributed by atoms with Gasteiger partial charge in [0.1, 0.15) is 11.4 Å². The van der Waals surface area contributed by atoms with Gasteiger partial charge in [0.15, 0.2) is 0 Å². The fourth-order valence-electron chi connectivity index (χ4n) is 3.99. The SMILES string of the molecule is Cc1cn(-c2c(Cl)cc3n(c2=O)C[C@@H](C)N(Cc2cc(C(F)(F)F)cc(C(F)(F)F)c2)C3=O)cn1. The van der Waals surface area contributed by atoms with Gasteiger partial charge in [-0.05, 0) is 43.7 Å². The van der Waals surface area contributed by atoms with E-state index in [0.717, 1.165) is 4.90 Å². The number of carbonyl (C=O) groups is 1. The van der Waals surface area contributed by atoms with Gasteiger partial charge in [-0.15, -0.1) is 0 Å². The third-order valence-corrected chi connectivity index (χ3v) is 5.95. The van der Waals surface area contributed by atoms with Crippen molar-refractivity contribution in [3.8, 4) is 5.69 Å². The Morgan fingerprint density at radius 2 is 1.63 bits per heavy atom. The Hall–Kier alpha value is -3.28. The minimum atomic E-state index is -5.01. The van der Waals surface area contributed by atoms with Crippen molar-refractivity contribution in [1.82, 2.24) is 19.0 Å². The molecule has 3 aromatic rings. The number of hydrogen-bond acceptors (Lipinski definition) is 3. The monoisotopic (exact) mass is 518 g/mol. The zero-order valence-electron chi connectivity index (χ0n) is 18.2. The number of imidazole rings is 1. The quantitative estimate of drug-likeness (QED) is 0.455. The number of benzene rings is 1. The molecule has 1 amide bonds. The summed E-state index contributed by atoms with van der Waals surface area (Å²) in [4.78, 5) is 31.5. The molecule has 6 nitrogen and oxygen atoms in total. The highest BCUT2D eigenvalue weighted by atomic mass is 35.5. The van der Waals surface area contributed by atoms with Crippen molar-refractivity contribution in [1.29, 1.82) is 0 Å². The molecule has 4 rings (SSSR count). The van der Waals surface area contributed by atoms with E-state index in [1.807, 2.05) is 0 Å². The van der Waals surface area contributed by atoms with E-state index in [-0.39, 0.29) is 34.6 Å². The summed E-state index contributed by atoms with van der Waals surface area (Å²) >= 11 is 6.28. The first kappa shape index (κ1) is 24.8. The molecule has 2 aromatic heterocycles. The molecule has 1 atom stereocenters. The molecule has 0 bridgehead atoms. The van der Waals surface area contributed by atoms with Gasteiger partial charge in [0, 0.05) is 25.3 Å². The lowest BCUT2D eigenvalue weighted by Gasteiger charge is -2.36. The largest absolute Gasteiger partial charge is 0.416 e. The van der Waals surface area contributed by atoms with E-state index in [0.29, 0.717) is 17.8 Å². The molecule has 0 N–H and O–H groups in total. The van der Waals surface area contributed by atoms with Crippen LogP contribution in [0.1, 0.15) is 39.8 Å². The topological polar surface area (TPSA) is 60.1 Å². The molecule has 0 unspecified atom stereocenters. The number of fused-ring (bicyclic) bond motifs is 1. The molecule has 3 heterocycles. The summed E-state index contributed by atoms with van der Waals surface area (Å²) in [5, 5.41) is -0.0556. The standard InChI is InChI=1S/C22H17ClF6N4O2/c1-11-7-31(10-30-11)18-16(23)6-17-19(34)32(12(2)8-33(17)20(18)35)9-13-3-14(21(24,25)26)5-15(4-13)22(27,28)29/h3-7,10,12H,8-9H2,1-2H3/t12-/m1/s1. The lowest BCUT2D eigenvalue weighted by molar-refractivity contribution is -0.143. The summed E-state index contributed by atoms with van der Waals surface area (Å²) in [5.74, 6) is -0.748. The minimum Gasteiger partial charge on any atom is -0.329 e. The summed E-state index contributed by atoms with van der Waals surface area (Å²) in [7, 11) is 0. The Morgan fingerprint density at radius 1 is 1.03 bits per heavy atom. The number of amides is 1. The average Bonchev–Trinajstić information content (AvgIpc) is 3.16. The molecule has 1 aliphatic heterocycles. The van der Waals surface area contributed by atoms with Crippen molar-refractivity contribution in [2.45, 2.75) is 45.3 Å². The second-order valence-corrected chi connectivity index (χ2v) is 8.67. The Morgan fingerprint density at radius 3 is 2.14 bits per heavy atom. The van der Waals surface area contributed by atoms with E-state index in [4.69, 9.17) is 11.6 Å². The fraction of sp³-hybridized carbons (Fsp3) is 0.318. The van der Waals surface area contributed by atoms with Crippen LogP contribution in [0.3, 0.4) is 0 Å². The van der Waals surface area contributed by atoms with Gasteiger partial charge in [-0.2, -0.15) is 26.3 Å². The van der Waals surface area contributed by atoms with E-state index in [9.17, 15) is 35.9 Å². The Balaban J connectivity index is 1.74. The van der Waals surface area contributed by atoms with Crippen LogP contribution < -0.4 is 5.56 Å². The molecular formula is C22H17ClF6N4O2. The van der Waals surface area contributed by atoms with Crippen LogP contribution in [-0.2, 0) is 25.4 Å². The summed E-state index contributed by atoms with van der Waals surface area (Å²) in [6.07, 6.45) is -7.06. The van der Waals surface area contributed by atoms with Gasteiger partial charge in [0.25, 0.3) is 11.5 Å². The second-order valence-electron chi connectivity index (χ2n) is 8.26. The van der Waals surface area contributed by atoms with Gasteiger partial charge < -0.3 is 4.90 Å². The summed E-state index contributed by atoms with van der Waals surface area (Å²) in [5.41, 5.74) is -3.31. The molecule has 1 aromatic carbocycles. The number of carbonyl (C=O) groups excluding carboxylic acids is 1. The third-order valence-electron chi connectivity index (χ3n) is 5.66. The van der Waals surface area contributed by atoms with Crippen LogP contribution in [0.15, 0.2) is 41.6 Å². The van der Waals surface area contributed by atoms with Crippen molar-refractivity contribution in [3.05, 3.63) is 80.2 Å². The Labute approximate surface area is 199 Å². The molecular weight excluding hydrogens is 502 g/mol. The summed E-state index contributed by atoms with van der Waals surface area (Å²) in [6, 6.07) is 1.72. The smallest absolute Gasteiger partial charge is 0.329 e. The molecule has 1 aliphatic rings. The van der Waals surface area contributed by atoms with E-state index in [1.165, 1.54) is 21.5 Å². The average molecular weight is 519 g/mol. The molecule has 13 heteroatoms. The van der Waals surface area contributed by atoms with Gasteiger partial charge in [-0.25, -0.2) is 4.98 Å². The zero-order valence-corrected chi connectivity index (χ0v) is 19.0. The van der Waals surface area contributed by atoms with E-state index in [2.05, 4.69) is 4.98 Å². The number of pyridine rings is 1. The summed E-state index contributed by atoms with van der Waals surface area (Å²) < 4.78 is 82.0. The van der Waals surface area contributed by atoms with Crippen LogP contribution in [0.4, 0.5) is 26.3 Å². The first-order valence-electron chi connectivity index (χ1n) is 10.2. The van der Waals surface area contributed by atoms with Crippen molar-refractivity contribution in [2.24, 2.45) is 0 Å². The maximum Gasteiger partial charge on any atom is 0.416 e. The van der Waals surface area contributed by atoms with Crippen LogP contribution in [0.25, 0.3) is 5.69 Å². The second kappa shape index (κ2) is 8.43. The lowest BCUT2D eigenvalue weighted by atomic mass is 10.0. The van der Waals surface area contributed by atoms with Gasteiger partial charge in [-0.3, -0.25) is 18.7 Å². The van der Waals surface area contributed by atoms with E-state index >= 15 is 0 Å². The molecule has 0 saturated carbocycles. The lowest BCUT2D eigenvalue weighted by Crippen LogP contribution is -2.49. The number of hydrogen-bond donors (Lipinski definition) is 0. The zero-order chi connectivity index (χ0) is 25.9. The van der Waals surface area contributed by atoms with Crippen LogP contribution in [-0.4, -0.2) is 31.0 Å². The third kappa shape index (κ3) is 4.66. The maximum atomic E-state index is 13.2. The number of aryl methyl sites for hydroxylation is 1. The molecule has 186 valence electrons. The van der Waals surface area contributed by atoms with Gasteiger partial charge in [-0.1, -0.05) is 11.6 Å². The van der Waals surface area contributed by atoms with Gasteiger partial charge >= 0.3 is 12.4 Å². The van der Waals surface area contributed by atoms with Crippen molar-refractivity contribution >= 4 is 17.5 Å². The van der Waals surface area contributed by atoms with Gasteiger partial charge in [0.2, 0.25) is 0 Å². The molecule has 35 heavy (non-hydrogen) atoms. The first-order chi connectivity index (χ1) is 16.2. The predicted molar refractivity (Wildman–Crippen MR) is 113 cm³/mol. The number of alkyl halides is 6. The molecule has 0 radical (unpaired) electrons. The molecule has 0 saturated heterocycles. The molecule has 0 fully saturated rings. The van der Waals surface area contributed by atoms with Crippen LogP contribution in [0.2, 0.25) is 5.02 Å². The Bertz CT molecular complexity index is 1340. The number of nitrogens with zero attached hydrogens (tertiary/aromatic N) is 4. The van der Waals surface area contributed by atoms with Gasteiger partial charge in [0.05, 0.1) is 28.2 Å². The minimum absolute atomic E-state index is 0.0267. The maximum absolute atomic E-state index is 13.2. The number of rotatable bonds is 3. The first-order valence-corrected chi connectivity index (χ1v) is 10.6. The highest BCUT2D eigenvalue weighted by molar-refractivity contribution is 6.32. The number of aromatic nitrogens is 3. The van der Waals surface area contributed by atoms with Crippen molar-refractivity contribution in [2.75, 3.05) is 0 Å². The van der Waals surface area contributed by atoms with Crippen LogP contribution in [0, 0.1) is 6.92 Å². The number of halogens is 7. The normalized spacial score (nSPS) is 16.5. The van der Waals surface area contributed by atoms with Crippen LogP contribution >= 0.6 is 11.6 Å². The van der Waals surface area contributed by atoms with E-state index < -0.39 is 47.5 Å². The van der Waals surface area contributed by atoms with Crippen LogP contribution in [0.5, 0.6) is 0 Å². The highest BCUT2D eigenvalue weighted by Gasteiger charge is 2.38.